The largest absolute Gasteiger partial charge is 0.347 e. The first-order valence-electron chi connectivity index (χ1n) is 10.8. The second-order valence-corrected chi connectivity index (χ2v) is 8.44. The van der Waals surface area contributed by atoms with Gasteiger partial charge in [0, 0.05) is 30.3 Å². The summed E-state index contributed by atoms with van der Waals surface area (Å²) in [6.45, 7) is 1.14. The van der Waals surface area contributed by atoms with E-state index < -0.39 is 23.4 Å². The van der Waals surface area contributed by atoms with Gasteiger partial charge in [-0.25, -0.2) is 13.2 Å². The zero-order valence-corrected chi connectivity index (χ0v) is 17.3. The molecule has 2 atom stereocenters. The maximum atomic E-state index is 14.9. The number of carbonyl (C=O) groups excluding carboxylic acids is 1. The lowest BCUT2D eigenvalue weighted by molar-refractivity contribution is 0.0920. The summed E-state index contributed by atoms with van der Waals surface area (Å²) >= 11 is 0. The van der Waals surface area contributed by atoms with E-state index in [1.54, 1.807) is 12.3 Å². The molecule has 1 saturated carbocycles. The van der Waals surface area contributed by atoms with Crippen molar-refractivity contribution < 1.29 is 18.0 Å². The van der Waals surface area contributed by atoms with Crippen LogP contribution >= 0.6 is 0 Å². The Hall–Kier alpha value is -3.13. The lowest BCUT2D eigenvalue weighted by Gasteiger charge is -2.33. The van der Waals surface area contributed by atoms with Crippen LogP contribution in [-0.2, 0) is 0 Å². The molecule has 5 nitrogen and oxygen atoms in total. The summed E-state index contributed by atoms with van der Waals surface area (Å²) in [4.78, 5) is 12.9. The van der Waals surface area contributed by atoms with Crippen molar-refractivity contribution in [1.82, 2.24) is 20.4 Å². The monoisotopic (exact) mass is 440 g/mol. The second kappa shape index (κ2) is 8.43. The van der Waals surface area contributed by atoms with Crippen molar-refractivity contribution in [3.63, 3.8) is 0 Å². The molecule has 1 aliphatic heterocycles. The van der Waals surface area contributed by atoms with Gasteiger partial charge in [0.2, 0.25) is 0 Å². The number of rotatable bonds is 5. The molecular formula is C24H23F3N4O. The van der Waals surface area contributed by atoms with Crippen molar-refractivity contribution in [3.05, 3.63) is 77.2 Å². The van der Waals surface area contributed by atoms with Crippen LogP contribution in [0.5, 0.6) is 0 Å². The molecule has 3 aromatic rings. The number of aromatic nitrogens is 2. The molecule has 2 aromatic carbocycles. The van der Waals surface area contributed by atoms with Gasteiger partial charge < -0.3 is 10.6 Å². The first kappa shape index (κ1) is 20.8. The summed E-state index contributed by atoms with van der Waals surface area (Å²) < 4.78 is 43.9. The van der Waals surface area contributed by atoms with Gasteiger partial charge in [-0.3, -0.25) is 9.48 Å². The van der Waals surface area contributed by atoms with Crippen LogP contribution < -0.4 is 10.6 Å². The maximum absolute atomic E-state index is 14.9. The second-order valence-electron chi connectivity index (χ2n) is 8.44. The zero-order valence-electron chi connectivity index (χ0n) is 17.3. The molecule has 1 amide bonds. The van der Waals surface area contributed by atoms with Crippen molar-refractivity contribution in [3.8, 4) is 11.3 Å². The molecule has 1 saturated heterocycles. The number of piperidine rings is 1. The average molecular weight is 440 g/mol. The van der Waals surface area contributed by atoms with Crippen LogP contribution in [0.1, 0.15) is 47.1 Å². The fourth-order valence-corrected chi connectivity index (χ4v) is 4.41. The Morgan fingerprint density at radius 3 is 2.59 bits per heavy atom. The van der Waals surface area contributed by atoms with Crippen molar-refractivity contribution in [1.29, 1.82) is 0 Å². The molecule has 0 bridgehead atoms. The minimum absolute atomic E-state index is 0.0548. The first-order chi connectivity index (χ1) is 15.5. The minimum Gasteiger partial charge on any atom is -0.347 e. The Morgan fingerprint density at radius 2 is 1.84 bits per heavy atom. The number of hydrogen-bond donors (Lipinski definition) is 2. The van der Waals surface area contributed by atoms with Gasteiger partial charge in [-0.15, -0.1) is 0 Å². The smallest absolute Gasteiger partial charge is 0.254 e. The molecule has 2 aliphatic rings. The van der Waals surface area contributed by atoms with Crippen molar-refractivity contribution >= 4 is 5.91 Å². The standard InChI is InChI=1S/C24H23F3N4O/c25-19-6-2-14(11-21(19)27)17-7-9-28-13-22(17)30-24(32)18-5-1-15(12-20(18)26)23-8-10-29-31(23)16-3-4-16/h1-2,5-6,8,10-12,16-17,22,28H,3-4,7,9,13H2,(H,30,32)/t17-,22+/m0/s1. The van der Waals surface area contributed by atoms with E-state index in [4.69, 9.17) is 0 Å². The highest BCUT2D eigenvalue weighted by molar-refractivity contribution is 5.95. The third-order valence-electron chi connectivity index (χ3n) is 6.24. The summed E-state index contributed by atoms with van der Waals surface area (Å²) in [7, 11) is 0. The summed E-state index contributed by atoms with van der Waals surface area (Å²) in [6, 6.07) is 10.2. The predicted molar refractivity (Wildman–Crippen MR) is 114 cm³/mol. The fraction of sp³-hybridized carbons (Fsp3) is 0.333. The minimum atomic E-state index is -0.918. The Labute approximate surface area is 183 Å². The highest BCUT2D eigenvalue weighted by Crippen LogP contribution is 2.38. The fourth-order valence-electron chi connectivity index (χ4n) is 4.41. The van der Waals surface area contributed by atoms with E-state index in [0.717, 1.165) is 24.6 Å². The molecule has 2 fully saturated rings. The summed E-state index contributed by atoms with van der Waals surface area (Å²) in [6.07, 6.45) is 4.46. The molecule has 0 spiro atoms. The van der Waals surface area contributed by atoms with E-state index in [0.29, 0.717) is 36.7 Å². The van der Waals surface area contributed by atoms with Gasteiger partial charge in [0.1, 0.15) is 5.82 Å². The zero-order chi connectivity index (χ0) is 22.2. The third kappa shape index (κ3) is 4.02. The molecule has 2 heterocycles. The topological polar surface area (TPSA) is 59.0 Å². The Morgan fingerprint density at radius 1 is 1.00 bits per heavy atom. The molecule has 8 heteroatoms. The van der Waals surface area contributed by atoms with E-state index in [1.807, 2.05) is 10.7 Å². The molecule has 0 unspecified atom stereocenters. The molecule has 1 aliphatic carbocycles. The van der Waals surface area contributed by atoms with Gasteiger partial charge in [-0.05, 0) is 61.7 Å². The first-order valence-corrected chi connectivity index (χ1v) is 10.8. The molecule has 166 valence electrons. The van der Waals surface area contributed by atoms with Gasteiger partial charge in [0.15, 0.2) is 11.6 Å². The van der Waals surface area contributed by atoms with E-state index in [-0.39, 0.29) is 17.5 Å². The SMILES string of the molecule is O=C(N[C@@H]1CNCC[C@H]1c1ccc(F)c(F)c1)c1ccc(-c2ccnn2C2CC2)cc1F. The lowest BCUT2D eigenvalue weighted by atomic mass is 9.85. The molecule has 32 heavy (non-hydrogen) atoms. The number of amides is 1. The molecule has 0 radical (unpaired) electrons. The Kier molecular flexibility index (Phi) is 5.46. The van der Waals surface area contributed by atoms with E-state index in [1.165, 1.54) is 24.3 Å². The van der Waals surface area contributed by atoms with Gasteiger partial charge >= 0.3 is 0 Å². The summed E-state index contributed by atoms with van der Waals surface area (Å²) in [5.41, 5.74) is 2.05. The van der Waals surface area contributed by atoms with Crippen LogP contribution in [-0.4, -0.2) is 34.8 Å². The van der Waals surface area contributed by atoms with Crippen LogP contribution in [0, 0.1) is 17.5 Å². The number of nitrogens with zero attached hydrogens (tertiary/aromatic N) is 2. The number of benzene rings is 2. The van der Waals surface area contributed by atoms with Crippen molar-refractivity contribution in [2.24, 2.45) is 0 Å². The Balaban J connectivity index is 1.35. The van der Waals surface area contributed by atoms with Crippen LogP contribution in [0.4, 0.5) is 13.2 Å². The van der Waals surface area contributed by atoms with Gasteiger partial charge in [0.05, 0.1) is 17.3 Å². The van der Waals surface area contributed by atoms with Crippen LogP contribution in [0.2, 0.25) is 0 Å². The summed E-state index contributed by atoms with van der Waals surface area (Å²) in [5, 5.41) is 10.4. The van der Waals surface area contributed by atoms with Crippen molar-refractivity contribution in [2.75, 3.05) is 13.1 Å². The van der Waals surface area contributed by atoms with Gasteiger partial charge in [-0.1, -0.05) is 12.1 Å². The number of halogens is 3. The van der Waals surface area contributed by atoms with Crippen LogP contribution in [0.3, 0.4) is 0 Å². The highest BCUT2D eigenvalue weighted by Gasteiger charge is 2.30. The van der Waals surface area contributed by atoms with Crippen molar-refractivity contribution in [2.45, 2.75) is 37.3 Å². The molecular weight excluding hydrogens is 417 g/mol. The average Bonchev–Trinajstić information content (AvgIpc) is 3.52. The van der Waals surface area contributed by atoms with Gasteiger partial charge in [-0.2, -0.15) is 5.10 Å². The van der Waals surface area contributed by atoms with E-state index >= 15 is 0 Å². The van der Waals surface area contributed by atoms with Gasteiger partial charge in [0.25, 0.3) is 5.91 Å². The molecule has 1 aromatic heterocycles. The third-order valence-corrected chi connectivity index (χ3v) is 6.24. The predicted octanol–water partition coefficient (Wildman–Crippen LogP) is 4.18. The van der Waals surface area contributed by atoms with E-state index in [9.17, 15) is 18.0 Å². The van der Waals surface area contributed by atoms with Crippen LogP contribution in [0.25, 0.3) is 11.3 Å². The molecule has 5 rings (SSSR count). The molecule has 2 N–H and O–H groups in total. The number of carbonyl (C=O) groups is 1. The lowest BCUT2D eigenvalue weighted by Crippen LogP contribution is -2.50. The highest BCUT2D eigenvalue weighted by atomic mass is 19.2. The maximum Gasteiger partial charge on any atom is 0.254 e. The Bertz CT molecular complexity index is 1160. The quantitative estimate of drug-likeness (QED) is 0.626. The van der Waals surface area contributed by atoms with Crippen LogP contribution in [0.15, 0.2) is 48.7 Å². The normalized spacial score (nSPS) is 20.8. The summed E-state index contributed by atoms with van der Waals surface area (Å²) in [5.74, 6) is -3.18. The number of hydrogen-bond acceptors (Lipinski definition) is 3. The number of nitrogens with one attached hydrogen (secondary N) is 2. The van der Waals surface area contributed by atoms with E-state index in [2.05, 4.69) is 15.7 Å².